The van der Waals surface area contributed by atoms with E-state index in [0.29, 0.717) is 17.4 Å². The number of anilines is 1. The first-order chi connectivity index (χ1) is 14.9. The number of hydrogen-bond donors (Lipinski definition) is 2. The lowest BCUT2D eigenvalue weighted by atomic mass is 10.2. The molecule has 0 radical (unpaired) electrons. The number of rotatable bonds is 10. The molecule has 0 saturated heterocycles. The first-order valence-corrected chi connectivity index (χ1v) is 11.0. The van der Waals surface area contributed by atoms with Gasteiger partial charge in [-0.3, -0.25) is 9.78 Å². The number of ether oxygens (including phenoxy) is 1. The number of aromatic nitrogens is 3. The molecule has 0 spiro atoms. The molecular weight excluding hydrogens is 422 g/mol. The minimum Gasteiger partial charge on any atom is -0.383 e. The number of hydrogen-bond acceptors (Lipinski definition) is 8. The van der Waals surface area contributed by atoms with E-state index in [4.69, 9.17) is 9.26 Å². The zero-order valence-corrected chi connectivity index (χ0v) is 17.9. The summed E-state index contributed by atoms with van der Waals surface area (Å²) < 4.78 is 37.3. The van der Waals surface area contributed by atoms with Crippen molar-refractivity contribution in [1.29, 1.82) is 0 Å². The second-order valence-electron chi connectivity index (χ2n) is 6.80. The van der Waals surface area contributed by atoms with Crippen LogP contribution in [-0.4, -0.2) is 49.2 Å². The lowest BCUT2D eigenvalue weighted by Crippen LogP contribution is -2.35. The van der Waals surface area contributed by atoms with E-state index >= 15 is 0 Å². The van der Waals surface area contributed by atoms with Crippen molar-refractivity contribution < 1.29 is 22.5 Å². The minimum absolute atomic E-state index is 0.0993. The molecule has 0 bridgehead atoms. The summed E-state index contributed by atoms with van der Waals surface area (Å²) in [4.78, 5) is 20.6. The van der Waals surface area contributed by atoms with E-state index in [0.717, 1.165) is 5.56 Å². The number of nitrogens with one attached hydrogen (secondary N) is 2. The van der Waals surface area contributed by atoms with Crippen LogP contribution in [0.2, 0.25) is 0 Å². The van der Waals surface area contributed by atoms with Gasteiger partial charge in [-0.25, -0.2) is 13.1 Å². The van der Waals surface area contributed by atoms with Gasteiger partial charge in [0.15, 0.2) is 0 Å². The van der Waals surface area contributed by atoms with E-state index in [1.54, 1.807) is 25.4 Å². The molecule has 3 rings (SSSR count). The molecular formula is C20H23N5O5S. The van der Waals surface area contributed by atoms with Gasteiger partial charge in [0.25, 0.3) is 0 Å². The number of pyridine rings is 1. The predicted molar refractivity (Wildman–Crippen MR) is 113 cm³/mol. The van der Waals surface area contributed by atoms with Crippen molar-refractivity contribution in [3.63, 3.8) is 0 Å². The van der Waals surface area contributed by atoms with Gasteiger partial charge in [0, 0.05) is 49.6 Å². The monoisotopic (exact) mass is 445 g/mol. The zero-order chi connectivity index (χ0) is 22.3. The van der Waals surface area contributed by atoms with Gasteiger partial charge >= 0.3 is 0 Å². The van der Waals surface area contributed by atoms with Gasteiger partial charge in [-0.2, -0.15) is 4.98 Å². The van der Waals surface area contributed by atoms with Crippen molar-refractivity contribution in [3.05, 3.63) is 54.7 Å². The molecule has 31 heavy (non-hydrogen) atoms. The first-order valence-electron chi connectivity index (χ1n) is 9.51. The van der Waals surface area contributed by atoms with E-state index in [2.05, 4.69) is 25.2 Å². The van der Waals surface area contributed by atoms with E-state index in [1.807, 2.05) is 6.07 Å². The van der Waals surface area contributed by atoms with Crippen molar-refractivity contribution in [2.45, 2.75) is 30.7 Å². The Hall–Kier alpha value is -3.15. The third-order valence-electron chi connectivity index (χ3n) is 4.18. The third kappa shape index (κ3) is 6.41. The first kappa shape index (κ1) is 22.5. The Morgan fingerprint density at radius 2 is 2.00 bits per heavy atom. The van der Waals surface area contributed by atoms with Gasteiger partial charge in [0.05, 0.1) is 11.5 Å². The Morgan fingerprint density at radius 1 is 1.23 bits per heavy atom. The van der Waals surface area contributed by atoms with Crippen LogP contribution >= 0.6 is 0 Å². The minimum atomic E-state index is -3.67. The molecule has 1 atom stereocenters. The summed E-state index contributed by atoms with van der Waals surface area (Å²) in [6.07, 6.45) is 3.67. The van der Waals surface area contributed by atoms with Crippen LogP contribution in [0.3, 0.4) is 0 Å². The van der Waals surface area contributed by atoms with Crippen molar-refractivity contribution in [2.75, 3.05) is 19.0 Å². The molecule has 10 nitrogen and oxygen atoms in total. The fraction of sp³-hybridized carbons (Fsp3) is 0.300. The molecule has 1 unspecified atom stereocenters. The molecule has 3 aromatic rings. The molecule has 0 fully saturated rings. The molecule has 1 aromatic carbocycles. The molecule has 0 aliphatic heterocycles. The Bertz CT molecular complexity index is 1100. The van der Waals surface area contributed by atoms with Crippen LogP contribution in [0.25, 0.3) is 11.4 Å². The van der Waals surface area contributed by atoms with Crippen molar-refractivity contribution >= 4 is 21.6 Å². The van der Waals surface area contributed by atoms with Crippen LogP contribution in [0.4, 0.5) is 5.69 Å². The van der Waals surface area contributed by atoms with E-state index in [-0.39, 0.29) is 36.3 Å². The normalized spacial score (nSPS) is 12.5. The molecule has 1 amide bonds. The van der Waals surface area contributed by atoms with E-state index in [1.165, 1.54) is 31.4 Å². The standard InChI is InChI=1S/C20H23N5O5S/c1-14(13-29-2)25-31(27,28)17-7-5-16(6-8-17)22-18(26)9-10-19-23-20(24-30-19)15-4-3-11-21-12-15/h3-8,11-12,14,25H,9-10,13H2,1-2H3,(H,22,26). The summed E-state index contributed by atoms with van der Waals surface area (Å²) in [6.45, 7) is 1.97. The van der Waals surface area contributed by atoms with Crippen molar-refractivity contribution in [3.8, 4) is 11.4 Å². The molecule has 0 aliphatic carbocycles. The quantitative estimate of drug-likeness (QED) is 0.484. The van der Waals surface area contributed by atoms with Crippen molar-refractivity contribution in [1.82, 2.24) is 19.8 Å². The number of nitrogens with zero attached hydrogens (tertiary/aromatic N) is 3. The number of amides is 1. The number of carbonyl (C=O) groups is 1. The summed E-state index contributed by atoms with van der Waals surface area (Å²) in [5.41, 5.74) is 1.21. The van der Waals surface area contributed by atoms with Crippen molar-refractivity contribution in [2.24, 2.45) is 0 Å². The zero-order valence-electron chi connectivity index (χ0n) is 17.1. The Balaban J connectivity index is 1.52. The van der Waals surface area contributed by atoms with Crippen LogP contribution in [0, 0.1) is 0 Å². The summed E-state index contributed by atoms with van der Waals surface area (Å²) in [6, 6.07) is 9.13. The fourth-order valence-corrected chi connectivity index (χ4v) is 3.98. The molecule has 2 aromatic heterocycles. The van der Waals surface area contributed by atoms with Crippen LogP contribution in [0.1, 0.15) is 19.2 Å². The number of carbonyl (C=O) groups excluding carboxylic acids is 1. The second kappa shape index (κ2) is 10.2. The van der Waals surface area contributed by atoms with Crippen LogP contribution in [-0.2, 0) is 26.0 Å². The fourth-order valence-electron chi connectivity index (χ4n) is 2.75. The van der Waals surface area contributed by atoms with Crippen LogP contribution in [0.15, 0.2) is 58.2 Å². The lowest BCUT2D eigenvalue weighted by molar-refractivity contribution is -0.116. The highest BCUT2D eigenvalue weighted by Gasteiger charge is 2.17. The van der Waals surface area contributed by atoms with E-state index < -0.39 is 10.0 Å². The van der Waals surface area contributed by atoms with Gasteiger partial charge in [-0.1, -0.05) is 5.16 Å². The maximum Gasteiger partial charge on any atom is 0.240 e. The molecule has 164 valence electrons. The summed E-state index contributed by atoms with van der Waals surface area (Å²) >= 11 is 0. The van der Waals surface area contributed by atoms with Gasteiger partial charge in [-0.15, -0.1) is 0 Å². The highest BCUT2D eigenvalue weighted by atomic mass is 32.2. The molecule has 0 saturated carbocycles. The number of sulfonamides is 1. The highest BCUT2D eigenvalue weighted by Crippen LogP contribution is 2.16. The Morgan fingerprint density at radius 3 is 2.68 bits per heavy atom. The topological polar surface area (TPSA) is 136 Å². The Kier molecular flexibility index (Phi) is 7.45. The van der Waals surface area contributed by atoms with E-state index in [9.17, 15) is 13.2 Å². The number of methoxy groups -OCH3 is 1. The van der Waals surface area contributed by atoms with Crippen LogP contribution in [0.5, 0.6) is 0 Å². The highest BCUT2D eigenvalue weighted by molar-refractivity contribution is 7.89. The lowest BCUT2D eigenvalue weighted by Gasteiger charge is -2.13. The SMILES string of the molecule is COCC(C)NS(=O)(=O)c1ccc(NC(=O)CCc2nc(-c3cccnc3)no2)cc1. The predicted octanol–water partition coefficient (Wildman–Crippen LogP) is 2.02. The number of aryl methyl sites for hydroxylation is 1. The third-order valence-corrected chi connectivity index (χ3v) is 5.78. The Labute approximate surface area is 180 Å². The largest absolute Gasteiger partial charge is 0.383 e. The average molecular weight is 446 g/mol. The van der Waals surface area contributed by atoms with Gasteiger partial charge in [-0.05, 0) is 43.3 Å². The maximum atomic E-state index is 12.3. The van der Waals surface area contributed by atoms with Gasteiger partial charge < -0.3 is 14.6 Å². The molecule has 2 heterocycles. The summed E-state index contributed by atoms with van der Waals surface area (Å²) in [7, 11) is -2.17. The molecule has 2 N–H and O–H groups in total. The molecule has 0 aliphatic rings. The maximum absolute atomic E-state index is 12.3. The smallest absolute Gasteiger partial charge is 0.240 e. The van der Waals surface area contributed by atoms with Gasteiger partial charge in [0.1, 0.15) is 0 Å². The number of benzene rings is 1. The second-order valence-corrected chi connectivity index (χ2v) is 8.52. The summed E-state index contributed by atoms with van der Waals surface area (Å²) in [5.74, 6) is 0.490. The summed E-state index contributed by atoms with van der Waals surface area (Å²) in [5, 5.41) is 6.60. The van der Waals surface area contributed by atoms with Crippen LogP contribution < -0.4 is 10.0 Å². The van der Waals surface area contributed by atoms with Gasteiger partial charge in [0.2, 0.25) is 27.6 Å². The average Bonchev–Trinajstić information content (AvgIpc) is 3.22. The molecule has 11 heteroatoms.